The van der Waals surface area contributed by atoms with Crippen molar-refractivity contribution in [2.45, 2.75) is 13.5 Å². The van der Waals surface area contributed by atoms with Gasteiger partial charge in [0.25, 0.3) is 0 Å². The largest absolute Gasteiger partial charge is 0.478 e. The zero-order valence-corrected chi connectivity index (χ0v) is 12.1. The number of hydrogen-bond acceptors (Lipinski definition) is 3. The molecule has 1 aromatic heterocycles. The zero-order valence-electron chi connectivity index (χ0n) is 9.74. The maximum absolute atomic E-state index is 11.1. The van der Waals surface area contributed by atoms with Crippen molar-refractivity contribution in [2.24, 2.45) is 0 Å². The molecule has 0 unspecified atom stereocenters. The summed E-state index contributed by atoms with van der Waals surface area (Å²) in [4.78, 5) is 12.3. The third kappa shape index (κ3) is 3.11. The van der Waals surface area contributed by atoms with Crippen molar-refractivity contribution in [1.29, 1.82) is 0 Å². The lowest BCUT2D eigenvalue weighted by molar-refractivity contribution is 0.0698. The van der Waals surface area contributed by atoms with Gasteiger partial charge >= 0.3 is 5.97 Å². The van der Waals surface area contributed by atoms with Crippen LogP contribution < -0.4 is 5.32 Å². The van der Waals surface area contributed by atoms with Gasteiger partial charge in [-0.15, -0.1) is 11.3 Å². The molecule has 2 N–H and O–H groups in total. The Kier molecular flexibility index (Phi) is 4.04. The van der Waals surface area contributed by atoms with Crippen LogP contribution in [0.5, 0.6) is 0 Å². The highest BCUT2D eigenvalue weighted by Crippen LogP contribution is 2.24. The Morgan fingerprint density at radius 1 is 1.39 bits per heavy atom. The lowest BCUT2D eigenvalue weighted by atomic mass is 10.1. The Morgan fingerprint density at radius 2 is 2.17 bits per heavy atom. The highest BCUT2D eigenvalue weighted by Gasteiger charge is 2.09. The number of carboxylic acid groups (broad SMARTS) is 1. The van der Waals surface area contributed by atoms with Gasteiger partial charge in [-0.1, -0.05) is 6.07 Å². The topological polar surface area (TPSA) is 49.3 Å². The summed E-state index contributed by atoms with van der Waals surface area (Å²) >= 11 is 5.04. The van der Waals surface area contributed by atoms with Crippen LogP contribution in [0.4, 0.5) is 5.69 Å². The lowest BCUT2D eigenvalue weighted by Gasteiger charge is -2.09. The number of benzene rings is 1. The van der Waals surface area contributed by atoms with Gasteiger partial charge in [-0.05, 0) is 52.7 Å². The second-order valence-electron chi connectivity index (χ2n) is 3.91. The first kappa shape index (κ1) is 13.1. The highest BCUT2D eigenvalue weighted by atomic mass is 79.9. The second-order valence-corrected chi connectivity index (χ2v) is 6.46. The number of carboxylic acids is 1. The van der Waals surface area contributed by atoms with E-state index < -0.39 is 5.97 Å². The summed E-state index contributed by atoms with van der Waals surface area (Å²) < 4.78 is 1.07. The Bertz CT molecular complexity index is 580. The summed E-state index contributed by atoms with van der Waals surface area (Å²) in [6, 6.07) is 9.28. The smallest absolute Gasteiger partial charge is 0.337 e. The minimum atomic E-state index is -0.912. The van der Waals surface area contributed by atoms with Gasteiger partial charge in [0.15, 0.2) is 0 Å². The fraction of sp³-hybridized carbons (Fsp3) is 0.154. The van der Waals surface area contributed by atoms with Gasteiger partial charge in [0, 0.05) is 17.1 Å². The third-order valence-corrected chi connectivity index (χ3v) is 4.11. The molecule has 1 heterocycles. The molecule has 0 aliphatic rings. The number of carbonyl (C=O) groups is 1. The number of thiophene rings is 1. The standard InChI is InChI=1S/C13H12BrNO2S/c1-8-2-4-10(13(16)17)11(6-8)15-7-9-3-5-12(14)18-9/h2-6,15H,7H2,1H3,(H,16,17). The number of aryl methyl sites for hydroxylation is 1. The van der Waals surface area contributed by atoms with Crippen molar-refractivity contribution in [2.75, 3.05) is 5.32 Å². The summed E-state index contributed by atoms with van der Waals surface area (Å²) in [7, 11) is 0. The van der Waals surface area contributed by atoms with Crippen LogP contribution >= 0.6 is 27.3 Å². The van der Waals surface area contributed by atoms with Gasteiger partial charge in [-0.2, -0.15) is 0 Å². The highest BCUT2D eigenvalue weighted by molar-refractivity contribution is 9.11. The molecule has 0 radical (unpaired) electrons. The van der Waals surface area contributed by atoms with Crippen molar-refractivity contribution in [1.82, 2.24) is 0 Å². The van der Waals surface area contributed by atoms with Crippen LogP contribution in [-0.2, 0) is 6.54 Å². The first-order valence-corrected chi connectivity index (χ1v) is 6.99. The molecule has 3 nitrogen and oxygen atoms in total. The molecule has 0 saturated carbocycles. The maximum Gasteiger partial charge on any atom is 0.337 e. The van der Waals surface area contributed by atoms with Crippen LogP contribution in [0.25, 0.3) is 0 Å². The van der Waals surface area contributed by atoms with Crippen LogP contribution in [-0.4, -0.2) is 11.1 Å². The Morgan fingerprint density at radius 3 is 2.78 bits per heavy atom. The summed E-state index contributed by atoms with van der Waals surface area (Å²) in [5.74, 6) is -0.912. The van der Waals surface area contributed by atoms with Gasteiger partial charge in [0.1, 0.15) is 0 Å². The van der Waals surface area contributed by atoms with Crippen molar-refractivity contribution >= 4 is 38.9 Å². The van der Waals surface area contributed by atoms with Crippen molar-refractivity contribution in [3.8, 4) is 0 Å². The number of halogens is 1. The fourth-order valence-corrected chi connectivity index (χ4v) is 3.04. The zero-order chi connectivity index (χ0) is 13.1. The van der Waals surface area contributed by atoms with Crippen LogP contribution in [0, 0.1) is 6.92 Å². The normalized spacial score (nSPS) is 10.3. The number of hydrogen-bond donors (Lipinski definition) is 2. The molecule has 0 atom stereocenters. The third-order valence-electron chi connectivity index (χ3n) is 2.49. The van der Waals surface area contributed by atoms with E-state index in [0.29, 0.717) is 17.8 Å². The lowest BCUT2D eigenvalue weighted by Crippen LogP contribution is -2.06. The average molecular weight is 326 g/mol. The molecular formula is C13H12BrNO2S. The van der Waals surface area contributed by atoms with Crippen LogP contribution in [0.3, 0.4) is 0 Å². The molecule has 0 fully saturated rings. The van der Waals surface area contributed by atoms with E-state index in [2.05, 4.69) is 21.2 Å². The fourth-order valence-electron chi connectivity index (χ4n) is 1.62. The van der Waals surface area contributed by atoms with E-state index in [9.17, 15) is 4.79 Å². The number of nitrogens with one attached hydrogen (secondary N) is 1. The summed E-state index contributed by atoms with van der Waals surface area (Å²) in [6.45, 7) is 2.57. The predicted octanol–water partition coefficient (Wildman–Crippen LogP) is 4.13. The molecular weight excluding hydrogens is 314 g/mol. The van der Waals surface area contributed by atoms with E-state index >= 15 is 0 Å². The molecule has 0 bridgehead atoms. The number of anilines is 1. The molecule has 0 aliphatic heterocycles. The van der Waals surface area contributed by atoms with Gasteiger partial charge < -0.3 is 10.4 Å². The van der Waals surface area contributed by atoms with Crippen LogP contribution in [0.15, 0.2) is 34.1 Å². The second kappa shape index (κ2) is 5.54. The molecule has 0 aliphatic carbocycles. The van der Waals surface area contributed by atoms with E-state index in [1.165, 1.54) is 0 Å². The summed E-state index contributed by atoms with van der Waals surface area (Å²) in [5, 5.41) is 12.3. The molecule has 18 heavy (non-hydrogen) atoms. The predicted molar refractivity (Wildman–Crippen MR) is 77.5 cm³/mol. The van der Waals surface area contributed by atoms with E-state index in [1.54, 1.807) is 23.5 Å². The van der Waals surface area contributed by atoms with Crippen molar-refractivity contribution in [3.05, 3.63) is 50.1 Å². The Labute approximate surface area is 118 Å². The molecule has 0 spiro atoms. The first-order valence-electron chi connectivity index (χ1n) is 5.38. The van der Waals surface area contributed by atoms with Crippen LogP contribution in [0.1, 0.15) is 20.8 Å². The van der Waals surface area contributed by atoms with Gasteiger partial charge in [-0.3, -0.25) is 0 Å². The van der Waals surface area contributed by atoms with E-state index in [-0.39, 0.29) is 0 Å². The minimum absolute atomic E-state index is 0.302. The SMILES string of the molecule is Cc1ccc(C(=O)O)c(NCc2ccc(Br)s2)c1. The van der Waals surface area contributed by atoms with Gasteiger partial charge in [-0.25, -0.2) is 4.79 Å². The minimum Gasteiger partial charge on any atom is -0.478 e. The Balaban J connectivity index is 2.17. The number of rotatable bonds is 4. The number of aromatic carboxylic acids is 1. The van der Waals surface area contributed by atoms with Gasteiger partial charge in [0.2, 0.25) is 0 Å². The summed E-state index contributed by atoms with van der Waals surface area (Å²) in [6.07, 6.45) is 0. The van der Waals surface area contributed by atoms with Crippen molar-refractivity contribution in [3.63, 3.8) is 0 Å². The molecule has 2 aromatic rings. The van der Waals surface area contributed by atoms with Crippen LogP contribution in [0.2, 0.25) is 0 Å². The van der Waals surface area contributed by atoms with Gasteiger partial charge in [0.05, 0.1) is 9.35 Å². The van der Waals surface area contributed by atoms with E-state index in [4.69, 9.17) is 5.11 Å². The molecule has 0 amide bonds. The first-order chi connectivity index (χ1) is 8.56. The monoisotopic (exact) mass is 325 g/mol. The molecule has 1 aromatic carbocycles. The maximum atomic E-state index is 11.1. The Hall–Kier alpha value is -1.33. The van der Waals surface area contributed by atoms with E-state index in [1.807, 2.05) is 25.1 Å². The molecule has 0 saturated heterocycles. The molecule has 2 rings (SSSR count). The van der Waals surface area contributed by atoms with Crippen molar-refractivity contribution < 1.29 is 9.90 Å². The van der Waals surface area contributed by atoms with E-state index in [0.717, 1.165) is 14.2 Å². The molecule has 94 valence electrons. The quantitative estimate of drug-likeness (QED) is 0.888. The molecule has 5 heteroatoms. The average Bonchev–Trinajstić information content (AvgIpc) is 2.72. The summed E-state index contributed by atoms with van der Waals surface area (Å²) in [5.41, 5.74) is 2.00.